The van der Waals surface area contributed by atoms with E-state index in [-0.39, 0.29) is 11.8 Å². The molecule has 25 heavy (non-hydrogen) atoms. The number of hydrogen-bond donors (Lipinski definition) is 1. The Morgan fingerprint density at radius 2 is 2.08 bits per heavy atom. The molecule has 1 unspecified atom stereocenters. The summed E-state index contributed by atoms with van der Waals surface area (Å²) < 4.78 is 0. The van der Waals surface area contributed by atoms with Crippen LogP contribution >= 0.6 is 11.3 Å². The molecule has 6 heteroatoms. The third kappa shape index (κ3) is 3.58. The first kappa shape index (κ1) is 15.9. The highest BCUT2D eigenvalue weighted by atomic mass is 32.1. The van der Waals surface area contributed by atoms with Crippen molar-refractivity contribution in [1.82, 2.24) is 20.3 Å². The van der Waals surface area contributed by atoms with Gasteiger partial charge in [-0.15, -0.1) is 11.3 Å². The van der Waals surface area contributed by atoms with Gasteiger partial charge in [0.25, 0.3) is 0 Å². The van der Waals surface area contributed by atoms with E-state index in [4.69, 9.17) is 4.98 Å². The highest BCUT2D eigenvalue weighted by Gasteiger charge is 2.27. The summed E-state index contributed by atoms with van der Waals surface area (Å²) >= 11 is 1.66. The predicted octanol–water partition coefficient (Wildman–Crippen LogP) is 3.02. The first-order chi connectivity index (χ1) is 12.3. The van der Waals surface area contributed by atoms with Gasteiger partial charge in [0.15, 0.2) is 0 Å². The number of amides is 1. The summed E-state index contributed by atoms with van der Waals surface area (Å²) in [6, 6.07) is 9.69. The lowest BCUT2D eigenvalue weighted by Gasteiger charge is -2.20. The fourth-order valence-corrected chi connectivity index (χ4v) is 4.20. The number of thiazole rings is 1. The molecule has 1 amide bonds. The van der Waals surface area contributed by atoms with Crippen LogP contribution in [0.5, 0.6) is 0 Å². The Morgan fingerprint density at radius 3 is 2.88 bits per heavy atom. The summed E-state index contributed by atoms with van der Waals surface area (Å²) in [5.41, 5.74) is 3.10. The van der Waals surface area contributed by atoms with Crippen molar-refractivity contribution in [2.45, 2.75) is 25.8 Å². The van der Waals surface area contributed by atoms with Crippen molar-refractivity contribution in [2.24, 2.45) is 5.92 Å². The van der Waals surface area contributed by atoms with Gasteiger partial charge < -0.3 is 5.32 Å². The fourth-order valence-electron chi connectivity index (χ4n) is 3.03. The molecule has 1 aliphatic rings. The predicted molar refractivity (Wildman–Crippen MR) is 96.9 cm³/mol. The van der Waals surface area contributed by atoms with Gasteiger partial charge >= 0.3 is 0 Å². The van der Waals surface area contributed by atoms with Gasteiger partial charge in [-0.3, -0.25) is 14.8 Å². The average Bonchev–Trinajstić information content (AvgIpc) is 3.11. The zero-order chi connectivity index (χ0) is 17.1. The van der Waals surface area contributed by atoms with Crippen molar-refractivity contribution in [3.63, 3.8) is 0 Å². The molecule has 0 saturated carbocycles. The molecule has 0 fully saturated rings. The van der Waals surface area contributed by atoms with Crippen LogP contribution in [-0.4, -0.2) is 20.9 Å². The minimum absolute atomic E-state index is 0.0198. The molecule has 3 heterocycles. The van der Waals surface area contributed by atoms with E-state index in [9.17, 15) is 4.79 Å². The molecule has 5 nitrogen and oxygen atoms in total. The molecule has 0 bridgehead atoms. The number of rotatable bonds is 4. The number of aromatic nitrogens is 3. The van der Waals surface area contributed by atoms with E-state index in [1.807, 2.05) is 30.3 Å². The Balaban J connectivity index is 1.42. The summed E-state index contributed by atoms with van der Waals surface area (Å²) in [6.45, 7) is 0.548. The second kappa shape index (κ2) is 7.11. The van der Waals surface area contributed by atoms with E-state index in [1.165, 1.54) is 4.88 Å². The largest absolute Gasteiger partial charge is 0.352 e. The Labute approximate surface area is 150 Å². The van der Waals surface area contributed by atoms with Crippen LogP contribution in [0.4, 0.5) is 0 Å². The molecule has 0 saturated heterocycles. The number of aryl methyl sites for hydroxylation is 1. The number of carbonyl (C=O) groups excluding carboxylic acids is 1. The number of carbonyl (C=O) groups is 1. The van der Waals surface area contributed by atoms with Crippen molar-refractivity contribution in [1.29, 1.82) is 0 Å². The fraction of sp³-hybridized carbons (Fsp3) is 0.263. The van der Waals surface area contributed by atoms with Crippen molar-refractivity contribution in [3.05, 3.63) is 65.1 Å². The summed E-state index contributed by atoms with van der Waals surface area (Å²) in [4.78, 5) is 26.8. The van der Waals surface area contributed by atoms with E-state index < -0.39 is 0 Å². The van der Waals surface area contributed by atoms with Crippen LogP contribution in [-0.2, 0) is 24.2 Å². The molecule has 1 N–H and O–H groups in total. The van der Waals surface area contributed by atoms with E-state index >= 15 is 0 Å². The quantitative estimate of drug-likeness (QED) is 0.785. The smallest absolute Gasteiger partial charge is 0.223 e. The minimum Gasteiger partial charge on any atom is -0.352 e. The molecule has 4 rings (SSSR count). The van der Waals surface area contributed by atoms with Crippen LogP contribution in [0.15, 0.2) is 48.9 Å². The van der Waals surface area contributed by atoms with Crippen LogP contribution in [0.2, 0.25) is 0 Å². The lowest BCUT2D eigenvalue weighted by molar-refractivity contribution is -0.125. The normalized spacial score (nSPS) is 16.2. The van der Waals surface area contributed by atoms with Crippen molar-refractivity contribution in [3.8, 4) is 10.7 Å². The van der Waals surface area contributed by atoms with Crippen LogP contribution in [0.25, 0.3) is 10.7 Å². The average molecular weight is 350 g/mol. The topological polar surface area (TPSA) is 67.8 Å². The number of pyridine rings is 2. The lowest BCUT2D eigenvalue weighted by atomic mass is 9.90. The van der Waals surface area contributed by atoms with Gasteiger partial charge in [-0.05, 0) is 49.1 Å². The SMILES string of the molecule is O=C(NCc1ccncc1)C1CCc2nc(-c3ccccn3)sc2C1. The number of nitrogens with one attached hydrogen (secondary N) is 1. The highest BCUT2D eigenvalue weighted by Crippen LogP contribution is 2.34. The first-order valence-corrected chi connectivity index (χ1v) is 9.18. The van der Waals surface area contributed by atoms with Crippen LogP contribution in [0, 0.1) is 5.92 Å². The Morgan fingerprint density at radius 1 is 1.20 bits per heavy atom. The molecule has 0 aliphatic heterocycles. The Bertz CT molecular complexity index is 864. The van der Waals surface area contributed by atoms with Gasteiger partial charge in [-0.2, -0.15) is 0 Å². The zero-order valence-corrected chi connectivity index (χ0v) is 14.5. The summed E-state index contributed by atoms with van der Waals surface area (Å²) in [6.07, 6.45) is 7.73. The summed E-state index contributed by atoms with van der Waals surface area (Å²) in [5, 5.41) is 3.99. The zero-order valence-electron chi connectivity index (χ0n) is 13.7. The lowest BCUT2D eigenvalue weighted by Crippen LogP contribution is -2.33. The van der Waals surface area contributed by atoms with Gasteiger partial charge in [-0.25, -0.2) is 4.98 Å². The monoisotopic (exact) mass is 350 g/mol. The van der Waals surface area contributed by atoms with E-state index in [2.05, 4.69) is 15.3 Å². The molecule has 0 spiro atoms. The van der Waals surface area contributed by atoms with Crippen molar-refractivity contribution < 1.29 is 4.79 Å². The maximum absolute atomic E-state index is 12.5. The number of hydrogen-bond acceptors (Lipinski definition) is 5. The van der Waals surface area contributed by atoms with E-state index in [0.29, 0.717) is 6.54 Å². The second-order valence-electron chi connectivity index (χ2n) is 6.12. The van der Waals surface area contributed by atoms with Crippen molar-refractivity contribution in [2.75, 3.05) is 0 Å². The molecule has 0 aromatic carbocycles. The number of fused-ring (bicyclic) bond motifs is 1. The Hall–Kier alpha value is -2.60. The van der Waals surface area contributed by atoms with Gasteiger partial charge in [0.2, 0.25) is 5.91 Å². The molecule has 3 aromatic rings. The third-order valence-corrected chi connectivity index (χ3v) is 5.55. The van der Waals surface area contributed by atoms with Gasteiger partial charge in [0, 0.05) is 35.9 Å². The maximum Gasteiger partial charge on any atom is 0.223 e. The maximum atomic E-state index is 12.5. The van der Waals surface area contributed by atoms with Crippen molar-refractivity contribution >= 4 is 17.2 Å². The number of nitrogens with zero attached hydrogens (tertiary/aromatic N) is 3. The Kier molecular flexibility index (Phi) is 4.52. The molecular formula is C19H18N4OS. The van der Waals surface area contributed by atoms with Gasteiger partial charge in [0.05, 0.1) is 11.4 Å². The van der Waals surface area contributed by atoms with Crippen LogP contribution < -0.4 is 5.32 Å². The van der Waals surface area contributed by atoms with Gasteiger partial charge in [0.1, 0.15) is 5.01 Å². The third-order valence-electron chi connectivity index (χ3n) is 4.41. The minimum atomic E-state index is 0.0198. The molecule has 0 radical (unpaired) electrons. The van der Waals surface area contributed by atoms with Crippen LogP contribution in [0.3, 0.4) is 0 Å². The molecular weight excluding hydrogens is 332 g/mol. The van der Waals surface area contributed by atoms with Crippen LogP contribution in [0.1, 0.15) is 22.6 Å². The highest BCUT2D eigenvalue weighted by molar-refractivity contribution is 7.15. The van der Waals surface area contributed by atoms with E-state index in [0.717, 1.165) is 41.2 Å². The molecule has 3 aromatic heterocycles. The molecule has 1 aliphatic carbocycles. The van der Waals surface area contributed by atoms with E-state index in [1.54, 1.807) is 29.9 Å². The summed E-state index contributed by atoms with van der Waals surface area (Å²) in [5.74, 6) is 0.140. The standard InChI is InChI=1S/C19H18N4OS/c24-18(22-12-13-6-9-20-10-7-13)14-4-5-15-17(11-14)25-19(23-15)16-3-1-2-8-21-16/h1-3,6-10,14H,4-5,11-12H2,(H,22,24). The van der Waals surface area contributed by atoms with Gasteiger partial charge in [-0.1, -0.05) is 6.07 Å². The molecule has 126 valence electrons. The first-order valence-electron chi connectivity index (χ1n) is 8.36. The summed E-state index contributed by atoms with van der Waals surface area (Å²) in [7, 11) is 0. The molecule has 1 atom stereocenters. The second-order valence-corrected chi connectivity index (χ2v) is 7.20.